The second-order valence-electron chi connectivity index (χ2n) is 11.3. The number of aryl methyl sites for hydroxylation is 2. The van der Waals surface area contributed by atoms with Gasteiger partial charge in [-0.1, -0.05) is 98.1 Å². The number of aromatic hydroxyl groups is 1. The molecule has 0 bridgehead atoms. The third-order valence-electron chi connectivity index (χ3n) is 7.52. The first-order valence-corrected chi connectivity index (χ1v) is 16.3. The number of halogens is 3. The Bertz CT molecular complexity index is 1600. The van der Waals surface area contributed by atoms with Crippen molar-refractivity contribution in [3.63, 3.8) is 0 Å². The number of phenolic OH excluding ortho intramolecular Hbond substituents is 1. The van der Waals surface area contributed by atoms with Gasteiger partial charge in [0.1, 0.15) is 11.6 Å². The van der Waals surface area contributed by atoms with Gasteiger partial charge >= 0.3 is 5.97 Å². The lowest BCUT2D eigenvalue weighted by molar-refractivity contribution is -0.136. The lowest BCUT2D eigenvalue weighted by atomic mass is 10.0. The van der Waals surface area contributed by atoms with Crippen molar-refractivity contribution in [1.82, 2.24) is 4.90 Å². The zero-order valence-corrected chi connectivity index (χ0v) is 27.9. The number of hydrogen-bond acceptors (Lipinski definition) is 4. The van der Waals surface area contributed by atoms with E-state index in [1.165, 1.54) is 47.2 Å². The van der Waals surface area contributed by atoms with E-state index >= 15 is 0 Å². The molecule has 0 aliphatic carbocycles. The van der Waals surface area contributed by atoms with Crippen LogP contribution in [0, 0.1) is 5.82 Å². The number of hydrogen-bond donors (Lipinski definition) is 2. The van der Waals surface area contributed by atoms with Crippen LogP contribution < -0.4 is 0 Å². The van der Waals surface area contributed by atoms with Gasteiger partial charge < -0.3 is 15.1 Å². The molecule has 0 heterocycles. The molecule has 0 unspecified atom stereocenters. The van der Waals surface area contributed by atoms with Crippen LogP contribution in [0.1, 0.15) is 60.6 Å². The fraction of sp³-hybridized carbons (Fsp3) is 0.256. The third kappa shape index (κ3) is 13.1. The number of nitrogens with zero attached hydrogens (tertiary/aromatic N) is 1. The lowest BCUT2D eigenvalue weighted by Crippen LogP contribution is -2.23. The smallest absolute Gasteiger partial charge is 0.303 e. The van der Waals surface area contributed by atoms with E-state index in [9.17, 15) is 18.0 Å². The van der Waals surface area contributed by atoms with Gasteiger partial charge in [0.15, 0.2) is 0 Å². The number of carboxylic acid groups (broad SMARTS) is 1. The quantitative estimate of drug-likeness (QED) is 0.141. The van der Waals surface area contributed by atoms with E-state index in [-0.39, 0.29) is 23.6 Å². The molecular formula is C39H42F3NO3S. The van der Waals surface area contributed by atoms with Crippen LogP contribution in [0.15, 0.2) is 114 Å². The van der Waals surface area contributed by atoms with Crippen molar-refractivity contribution in [2.24, 2.45) is 0 Å². The van der Waals surface area contributed by atoms with Crippen LogP contribution in [0.2, 0.25) is 0 Å². The van der Waals surface area contributed by atoms with E-state index in [0.717, 1.165) is 53.6 Å². The molecule has 0 fully saturated rings. The molecule has 0 atom stereocenters. The molecular weight excluding hydrogens is 619 g/mol. The number of alkyl halides is 2. The molecule has 0 amide bonds. The van der Waals surface area contributed by atoms with E-state index < -0.39 is 11.9 Å². The molecule has 0 spiro atoms. The number of rotatable bonds is 14. The highest BCUT2D eigenvalue weighted by atomic mass is 32.2. The fourth-order valence-corrected chi connectivity index (χ4v) is 5.30. The normalized spacial score (nSPS) is 11.4. The highest BCUT2D eigenvalue weighted by molar-refractivity contribution is 8.05. The number of phenols is 1. The van der Waals surface area contributed by atoms with Crippen LogP contribution in [0.25, 0.3) is 5.57 Å². The molecule has 0 aliphatic heterocycles. The summed E-state index contributed by atoms with van der Waals surface area (Å²) >= 11 is 1.52. The predicted molar refractivity (Wildman–Crippen MR) is 187 cm³/mol. The summed E-state index contributed by atoms with van der Waals surface area (Å²) in [5, 5.41) is 20.2. The number of carboxylic acids is 1. The molecule has 0 aromatic heterocycles. The molecule has 4 rings (SSSR count). The average Bonchev–Trinajstić information content (AvgIpc) is 3.06. The van der Waals surface area contributed by atoms with E-state index in [1.54, 1.807) is 36.4 Å². The number of aliphatic carboxylic acids is 1. The van der Waals surface area contributed by atoms with Gasteiger partial charge in [-0.3, -0.25) is 4.79 Å². The summed E-state index contributed by atoms with van der Waals surface area (Å²) in [7, 11) is 0. The molecule has 0 saturated heterocycles. The van der Waals surface area contributed by atoms with Crippen LogP contribution in [0.4, 0.5) is 13.2 Å². The first-order chi connectivity index (χ1) is 22.3. The minimum absolute atomic E-state index is 0.00664. The molecule has 8 heteroatoms. The van der Waals surface area contributed by atoms with Crippen LogP contribution in [-0.2, 0) is 36.5 Å². The molecule has 4 aromatic rings. The Balaban J connectivity index is 0.000000420. The topological polar surface area (TPSA) is 60.8 Å². The Morgan fingerprint density at radius 2 is 1.38 bits per heavy atom. The lowest BCUT2D eigenvalue weighted by Gasteiger charge is -2.26. The van der Waals surface area contributed by atoms with Gasteiger partial charge in [0, 0.05) is 32.0 Å². The molecule has 47 heavy (non-hydrogen) atoms. The highest BCUT2D eigenvalue weighted by Gasteiger charge is 2.23. The van der Waals surface area contributed by atoms with Gasteiger partial charge in [-0.15, -0.1) is 0 Å². The van der Waals surface area contributed by atoms with Crippen molar-refractivity contribution in [1.29, 1.82) is 0 Å². The number of thioether (sulfide) groups is 1. The van der Waals surface area contributed by atoms with Crippen LogP contribution in [-0.4, -0.2) is 27.6 Å². The largest absolute Gasteiger partial charge is 0.508 e. The average molecular weight is 662 g/mol. The highest BCUT2D eigenvalue weighted by Crippen LogP contribution is 2.30. The summed E-state index contributed by atoms with van der Waals surface area (Å²) in [5.41, 5.74) is 6.36. The van der Waals surface area contributed by atoms with E-state index in [1.807, 2.05) is 24.5 Å². The Morgan fingerprint density at radius 1 is 0.851 bits per heavy atom. The van der Waals surface area contributed by atoms with E-state index in [4.69, 9.17) is 10.2 Å². The molecule has 2 N–H and O–H groups in total. The fourth-order valence-electron chi connectivity index (χ4n) is 4.55. The third-order valence-corrected chi connectivity index (χ3v) is 8.53. The van der Waals surface area contributed by atoms with Crippen molar-refractivity contribution >= 4 is 23.3 Å². The summed E-state index contributed by atoms with van der Waals surface area (Å²) < 4.78 is 40.3. The second kappa shape index (κ2) is 18.0. The second-order valence-corrected chi connectivity index (χ2v) is 12.2. The van der Waals surface area contributed by atoms with Crippen molar-refractivity contribution in [2.75, 3.05) is 6.54 Å². The van der Waals surface area contributed by atoms with Crippen LogP contribution in [0.5, 0.6) is 5.75 Å². The van der Waals surface area contributed by atoms with Gasteiger partial charge in [-0.25, -0.2) is 13.2 Å². The summed E-state index contributed by atoms with van der Waals surface area (Å²) in [6, 6.07) is 28.1. The summed E-state index contributed by atoms with van der Waals surface area (Å²) in [5.74, 6) is -3.69. The zero-order chi connectivity index (χ0) is 34.4. The Labute approximate surface area is 280 Å². The molecule has 4 aromatic carbocycles. The predicted octanol–water partition coefficient (Wildman–Crippen LogP) is 10.2. The number of allylic oxidation sites excluding steroid dienone is 1. The Morgan fingerprint density at radius 3 is 1.94 bits per heavy atom. The van der Waals surface area contributed by atoms with E-state index in [0.29, 0.717) is 13.0 Å². The minimum Gasteiger partial charge on any atom is -0.508 e. The number of benzene rings is 4. The van der Waals surface area contributed by atoms with Gasteiger partial charge in [-0.2, -0.15) is 0 Å². The van der Waals surface area contributed by atoms with Gasteiger partial charge in [-0.05, 0) is 89.3 Å². The van der Waals surface area contributed by atoms with Crippen LogP contribution >= 0.6 is 11.8 Å². The zero-order valence-electron chi connectivity index (χ0n) is 27.1. The van der Waals surface area contributed by atoms with Crippen molar-refractivity contribution in [3.05, 3.63) is 153 Å². The molecule has 4 nitrogen and oxygen atoms in total. The molecule has 0 aliphatic rings. The summed E-state index contributed by atoms with van der Waals surface area (Å²) in [6.07, 6.45) is 2.40. The SMILES string of the molecule is C=C(S/C=C(\C)c1ccc(C(C)(F)F)cc1)N(CCc1ccc(F)cc1)Cc1ccc(CC)cc1.O=C(O)CCc1ccc(O)cc1. The summed E-state index contributed by atoms with van der Waals surface area (Å²) in [6.45, 7) is 10.8. The van der Waals surface area contributed by atoms with Gasteiger partial charge in [0.2, 0.25) is 0 Å². The maximum Gasteiger partial charge on any atom is 0.303 e. The molecule has 248 valence electrons. The monoisotopic (exact) mass is 661 g/mol. The van der Waals surface area contributed by atoms with Crippen molar-refractivity contribution in [3.8, 4) is 5.75 Å². The maximum absolute atomic E-state index is 13.5. The van der Waals surface area contributed by atoms with E-state index in [2.05, 4.69) is 42.7 Å². The molecule has 0 saturated carbocycles. The van der Waals surface area contributed by atoms with Crippen molar-refractivity contribution in [2.45, 2.75) is 58.9 Å². The van der Waals surface area contributed by atoms with Crippen molar-refractivity contribution < 1.29 is 28.2 Å². The Hall–Kier alpha value is -4.43. The van der Waals surface area contributed by atoms with Gasteiger partial charge in [0.25, 0.3) is 5.92 Å². The standard InChI is InChI=1S/C30H32F3NS.C9H10O3/c1-5-24-6-8-26(9-7-24)20-34(19-18-25-10-16-29(31)17-11-25)23(3)35-21-22(2)27-12-14-28(15-13-27)30(4,32)33;10-8-4-1-7(2-5-8)3-6-9(11)12/h6-17,21H,3,5,18-20H2,1-2,4H3;1-2,4-5,10H,3,6H2,(H,11,12)/b22-21+;. The Kier molecular flexibility index (Phi) is 14.2. The minimum atomic E-state index is -2.85. The molecule has 0 radical (unpaired) electrons. The first kappa shape index (κ1) is 37.0. The van der Waals surface area contributed by atoms with Crippen LogP contribution in [0.3, 0.4) is 0 Å². The van der Waals surface area contributed by atoms with Gasteiger partial charge in [0.05, 0.1) is 5.03 Å². The summed E-state index contributed by atoms with van der Waals surface area (Å²) in [4.78, 5) is 12.4. The maximum atomic E-state index is 13.5. The first-order valence-electron chi connectivity index (χ1n) is 15.4. The number of carbonyl (C=O) groups is 1.